The molecule has 17 heavy (non-hydrogen) atoms. The molecule has 0 radical (unpaired) electrons. The first-order chi connectivity index (χ1) is 7.56. The summed E-state index contributed by atoms with van der Waals surface area (Å²) in [7, 11) is -3.27. The smallest absolute Gasteiger partial charge is 0.214 e. The molecule has 1 saturated carbocycles. The molecule has 0 heterocycles. The van der Waals surface area contributed by atoms with Crippen LogP contribution in [0.15, 0.2) is 0 Å². The summed E-state index contributed by atoms with van der Waals surface area (Å²) in [5.41, 5.74) is -0.597. The Morgan fingerprint density at radius 2 is 1.65 bits per heavy atom. The van der Waals surface area contributed by atoms with E-state index in [1.54, 1.807) is 13.8 Å². The quantitative estimate of drug-likeness (QED) is 0.810. The second kappa shape index (κ2) is 4.86. The van der Waals surface area contributed by atoms with E-state index in [0.717, 1.165) is 12.8 Å². The fraction of sp³-hybridized carbons (Fsp3) is 1.00. The first-order valence-electron chi connectivity index (χ1n) is 6.27. The van der Waals surface area contributed by atoms with E-state index in [-0.39, 0.29) is 12.0 Å². The van der Waals surface area contributed by atoms with Crippen LogP contribution in [0.1, 0.15) is 53.4 Å². The van der Waals surface area contributed by atoms with Crippen molar-refractivity contribution in [2.75, 3.05) is 6.54 Å². The lowest BCUT2D eigenvalue weighted by atomic mass is 9.71. The molecular weight excluding hydrogens is 238 g/mol. The van der Waals surface area contributed by atoms with Crippen LogP contribution in [0.2, 0.25) is 0 Å². The topological polar surface area (TPSA) is 66.4 Å². The second-order valence-corrected chi connectivity index (χ2v) is 8.62. The Labute approximate surface area is 105 Å². The van der Waals surface area contributed by atoms with Crippen molar-refractivity contribution in [2.24, 2.45) is 5.41 Å². The first kappa shape index (κ1) is 14.9. The van der Waals surface area contributed by atoms with Crippen LogP contribution in [0.5, 0.6) is 0 Å². The average Bonchev–Trinajstić information content (AvgIpc) is 2.21. The van der Waals surface area contributed by atoms with Gasteiger partial charge in [-0.25, -0.2) is 13.1 Å². The Morgan fingerprint density at radius 3 is 2.06 bits per heavy atom. The SMILES string of the molecule is CC(C)S(=O)(=O)NCC1(O)CCC(C)(C)CC1. The second-order valence-electron chi connectivity index (χ2n) is 6.30. The summed E-state index contributed by atoms with van der Waals surface area (Å²) in [6, 6.07) is 0. The van der Waals surface area contributed by atoms with Crippen molar-refractivity contribution in [1.29, 1.82) is 0 Å². The van der Waals surface area contributed by atoms with Crippen LogP contribution in [-0.2, 0) is 10.0 Å². The predicted molar refractivity (Wildman–Crippen MR) is 69.3 cm³/mol. The summed E-state index contributed by atoms with van der Waals surface area (Å²) in [6.45, 7) is 7.78. The van der Waals surface area contributed by atoms with Crippen LogP contribution in [0, 0.1) is 5.41 Å². The molecule has 0 saturated heterocycles. The summed E-state index contributed by atoms with van der Waals surface area (Å²) >= 11 is 0. The maximum atomic E-state index is 11.6. The molecule has 5 heteroatoms. The van der Waals surface area contributed by atoms with Crippen molar-refractivity contribution in [1.82, 2.24) is 4.72 Å². The van der Waals surface area contributed by atoms with E-state index < -0.39 is 20.9 Å². The minimum Gasteiger partial charge on any atom is -0.389 e. The third-order valence-electron chi connectivity index (χ3n) is 3.76. The van der Waals surface area contributed by atoms with Crippen molar-refractivity contribution >= 4 is 10.0 Å². The van der Waals surface area contributed by atoms with Crippen LogP contribution >= 0.6 is 0 Å². The molecule has 1 fully saturated rings. The lowest BCUT2D eigenvalue weighted by Gasteiger charge is -2.40. The van der Waals surface area contributed by atoms with Gasteiger partial charge in [-0.2, -0.15) is 0 Å². The van der Waals surface area contributed by atoms with E-state index in [0.29, 0.717) is 12.8 Å². The van der Waals surface area contributed by atoms with Gasteiger partial charge in [-0.3, -0.25) is 0 Å². The Balaban J connectivity index is 2.53. The van der Waals surface area contributed by atoms with Gasteiger partial charge in [0, 0.05) is 6.54 Å². The molecule has 1 aliphatic rings. The van der Waals surface area contributed by atoms with Crippen LogP contribution < -0.4 is 4.72 Å². The molecule has 102 valence electrons. The van der Waals surface area contributed by atoms with Crippen molar-refractivity contribution in [3.63, 3.8) is 0 Å². The zero-order chi connectivity index (χ0) is 13.3. The Hall–Kier alpha value is -0.130. The molecule has 2 N–H and O–H groups in total. The van der Waals surface area contributed by atoms with E-state index in [1.807, 2.05) is 0 Å². The third kappa shape index (κ3) is 4.23. The van der Waals surface area contributed by atoms with Gasteiger partial charge in [0.25, 0.3) is 0 Å². The van der Waals surface area contributed by atoms with Crippen LogP contribution in [0.25, 0.3) is 0 Å². The molecule has 0 aromatic rings. The fourth-order valence-electron chi connectivity index (χ4n) is 1.97. The number of nitrogens with one attached hydrogen (secondary N) is 1. The summed E-state index contributed by atoms with van der Waals surface area (Å²) in [5, 5.41) is 9.87. The van der Waals surface area contributed by atoms with E-state index in [9.17, 15) is 13.5 Å². The number of hydrogen-bond acceptors (Lipinski definition) is 3. The van der Waals surface area contributed by atoms with Gasteiger partial charge in [-0.05, 0) is 44.9 Å². The molecule has 0 unspecified atom stereocenters. The Kier molecular flexibility index (Phi) is 4.27. The molecule has 0 spiro atoms. The van der Waals surface area contributed by atoms with E-state index in [2.05, 4.69) is 18.6 Å². The third-order valence-corrected chi connectivity index (χ3v) is 5.55. The predicted octanol–water partition coefficient (Wildman–Crippen LogP) is 1.65. The number of sulfonamides is 1. The highest BCUT2D eigenvalue weighted by molar-refractivity contribution is 7.90. The largest absolute Gasteiger partial charge is 0.389 e. The van der Waals surface area contributed by atoms with Crippen LogP contribution in [-0.4, -0.2) is 30.9 Å². The molecule has 0 aromatic carbocycles. The Bertz CT molecular complexity index is 350. The normalized spacial score (nSPS) is 23.9. The van der Waals surface area contributed by atoms with Gasteiger partial charge in [0.05, 0.1) is 10.9 Å². The van der Waals surface area contributed by atoms with Crippen LogP contribution in [0.3, 0.4) is 0 Å². The van der Waals surface area contributed by atoms with Crippen molar-refractivity contribution < 1.29 is 13.5 Å². The standard InChI is InChI=1S/C12H25NO3S/c1-10(2)17(15,16)13-9-12(14)7-5-11(3,4)6-8-12/h10,13-14H,5-9H2,1-4H3. The average molecular weight is 263 g/mol. The van der Waals surface area contributed by atoms with Gasteiger partial charge in [-0.1, -0.05) is 13.8 Å². The van der Waals surface area contributed by atoms with Gasteiger partial charge in [0.2, 0.25) is 10.0 Å². The maximum Gasteiger partial charge on any atom is 0.214 e. The van der Waals surface area contributed by atoms with Crippen molar-refractivity contribution in [3.8, 4) is 0 Å². The monoisotopic (exact) mass is 263 g/mol. The van der Waals surface area contributed by atoms with Crippen LogP contribution in [0.4, 0.5) is 0 Å². The molecule has 0 aromatic heterocycles. The molecule has 1 rings (SSSR count). The van der Waals surface area contributed by atoms with Gasteiger partial charge in [-0.15, -0.1) is 0 Å². The summed E-state index contributed by atoms with van der Waals surface area (Å²) in [5.74, 6) is 0. The first-order valence-corrected chi connectivity index (χ1v) is 7.82. The molecular formula is C12H25NO3S. The Morgan fingerprint density at radius 1 is 1.18 bits per heavy atom. The van der Waals surface area contributed by atoms with Crippen molar-refractivity contribution in [2.45, 2.75) is 64.2 Å². The number of hydrogen-bond donors (Lipinski definition) is 2. The highest BCUT2D eigenvalue weighted by atomic mass is 32.2. The van der Waals surface area contributed by atoms with E-state index in [4.69, 9.17) is 0 Å². The van der Waals surface area contributed by atoms with E-state index >= 15 is 0 Å². The molecule has 0 amide bonds. The number of aliphatic hydroxyl groups is 1. The fourth-order valence-corrected chi connectivity index (χ4v) is 2.77. The summed E-state index contributed by atoms with van der Waals surface area (Å²) in [6.07, 6.45) is 3.21. The highest BCUT2D eigenvalue weighted by Crippen LogP contribution is 2.39. The molecule has 1 aliphatic carbocycles. The van der Waals surface area contributed by atoms with E-state index in [1.165, 1.54) is 0 Å². The van der Waals surface area contributed by atoms with Gasteiger partial charge in [0.1, 0.15) is 0 Å². The summed E-state index contributed by atoms with van der Waals surface area (Å²) in [4.78, 5) is 0. The molecule has 0 aliphatic heterocycles. The maximum absolute atomic E-state index is 11.6. The lowest BCUT2D eigenvalue weighted by molar-refractivity contribution is -0.0206. The van der Waals surface area contributed by atoms with Gasteiger partial charge >= 0.3 is 0 Å². The lowest BCUT2D eigenvalue weighted by Crippen LogP contribution is -2.47. The minimum atomic E-state index is -3.27. The zero-order valence-corrected chi connectivity index (χ0v) is 12.1. The zero-order valence-electron chi connectivity index (χ0n) is 11.3. The number of rotatable bonds is 4. The molecule has 0 atom stereocenters. The van der Waals surface area contributed by atoms with Gasteiger partial charge < -0.3 is 5.11 Å². The molecule has 4 nitrogen and oxygen atoms in total. The van der Waals surface area contributed by atoms with Gasteiger partial charge in [0.15, 0.2) is 0 Å². The molecule has 0 bridgehead atoms. The highest BCUT2D eigenvalue weighted by Gasteiger charge is 2.37. The minimum absolute atomic E-state index is 0.142. The summed E-state index contributed by atoms with van der Waals surface area (Å²) < 4.78 is 25.8. The van der Waals surface area contributed by atoms with Crippen molar-refractivity contribution in [3.05, 3.63) is 0 Å².